The van der Waals surface area contributed by atoms with E-state index in [-0.39, 0.29) is 0 Å². The lowest BCUT2D eigenvalue weighted by Crippen LogP contribution is -1.77. The molecule has 0 fully saturated rings. The van der Waals surface area contributed by atoms with Crippen LogP contribution in [0.2, 0.25) is 0 Å². The fourth-order valence-corrected chi connectivity index (χ4v) is 1.72. The van der Waals surface area contributed by atoms with Gasteiger partial charge in [-0.05, 0) is 28.5 Å². The number of hydrogen-bond donors (Lipinski definition) is 0. The Morgan fingerprint density at radius 2 is 2.33 bits per heavy atom. The number of rotatable bonds is 2. The maximum absolute atomic E-state index is 10.5. The maximum Gasteiger partial charge on any atom is 0.185 e. The molecule has 0 aliphatic rings. The Labute approximate surface area is 73.4 Å². The molecule has 2 rings (SSSR count). The van der Waals surface area contributed by atoms with Gasteiger partial charge in [-0.1, -0.05) is 0 Å². The first-order chi connectivity index (χ1) is 5.92. The molecule has 2 aromatic rings. The van der Waals surface area contributed by atoms with Gasteiger partial charge < -0.3 is 4.42 Å². The number of aldehydes is 1. The fraction of sp³-hybridized carbons (Fsp3) is 0. The van der Waals surface area contributed by atoms with Gasteiger partial charge in [0.15, 0.2) is 12.0 Å². The Morgan fingerprint density at radius 3 is 3.00 bits per heavy atom. The van der Waals surface area contributed by atoms with Crippen molar-refractivity contribution in [2.75, 3.05) is 0 Å². The third kappa shape index (κ3) is 1.08. The van der Waals surface area contributed by atoms with Crippen molar-refractivity contribution >= 4 is 17.6 Å². The molecule has 60 valence electrons. The van der Waals surface area contributed by atoms with Gasteiger partial charge in [0, 0.05) is 5.56 Å². The Morgan fingerprint density at radius 1 is 1.42 bits per heavy atom. The number of hydrogen-bond acceptors (Lipinski definition) is 3. The van der Waals surface area contributed by atoms with Crippen LogP contribution in [-0.4, -0.2) is 6.29 Å². The highest BCUT2D eigenvalue weighted by molar-refractivity contribution is 7.08. The summed E-state index contributed by atoms with van der Waals surface area (Å²) in [6.07, 6.45) is 2.25. The molecule has 0 aromatic carbocycles. The number of carbonyl (C=O) groups excluding carboxylic acids is 1. The summed E-state index contributed by atoms with van der Waals surface area (Å²) in [7, 11) is 0. The zero-order valence-electron chi connectivity index (χ0n) is 6.19. The molecular formula is C9H6O2S. The highest BCUT2D eigenvalue weighted by Crippen LogP contribution is 2.25. The molecule has 0 atom stereocenters. The SMILES string of the molecule is O=Cc1occc1-c1ccsc1. The number of furan rings is 1. The second-order valence-corrected chi connectivity index (χ2v) is 3.11. The van der Waals surface area contributed by atoms with Gasteiger partial charge >= 0.3 is 0 Å². The van der Waals surface area contributed by atoms with E-state index >= 15 is 0 Å². The van der Waals surface area contributed by atoms with E-state index in [9.17, 15) is 4.79 Å². The summed E-state index contributed by atoms with van der Waals surface area (Å²) in [5.74, 6) is 0.397. The Balaban J connectivity index is 2.53. The van der Waals surface area contributed by atoms with Crippen molar-refractivity contribution in [2.45, 2.75) is 0 Å². The molecule has 2 aromatic heterocycles. The van der Waals surface area contributed by atoms with Crippen molar-refractivity contribution < 1.29 is 9.21 Å². The molecule has 2 heterocycles. The van der Waals surface area contributed by atoms with E-state index < -0.39 is 0 Å². The normalized spacial score (nSPS) is 10.0. The summed E-state index contributed by atoms with van der Waals surface area (Å²) < 4.78 is 4.97. The average Bonchev–Trinajstić information content (AvgIpc) is 2.74. The summed E-state index contributed by atoms with van der Waals surface area (Å²) in [5.41, 5.74) is 1.90. The molecule has 0 saturated heterocycles. The molecule has 0 aliphatic heterocycles. The van der Waals surface area contributed by atoms with Crippen LogP contribution in [0.3, 0.4) is 0 Å². The van der Waals surface area contributed by atoms with E-state index in [2.05, 4.69) is 0 Å². The molecule has 0 N–H and O–H groups in total. The smallest absolute Gasteiger partial charge is 0.185 e. The Kier molecular flexibility index (Phi) is 1.80. The van der Waals surface area contributed by atoms with Crippen LogP contribution in [0, 0.1) is 0 Å². The van der Waals surface area contributed by atoms with Crippen LogP contribution in [0.5, 0.6) is 0 Å². The van der Waals surface area contributed by atoms with Crippen LogP contribution < -0.4 is 0 Å². The zero-order valence-corrected chi connectivity index (χ0v) is 7.01. The van der Waals surface area contributed by atoms with E-state index in [1.54, 1.807) is 17.4 Å². The summed E-state index contributed by atoms with van der Waals surface area (Å²) in [5, 5.41) is 3.95. The summed E-state index contributed by atoms with van der Waals surface area (Å²) in [4.78, 5) is 10.5. The van der Waals surface area contributed by atoms with Crippen LogP contribution in [0.15, 0.2) is 33.6 Å². The lowest BCUT2D eigenvalue weighted by atomic mass is 10.1. The van der Waals surface area contributed by atoms with E-state index in [4.69, 9.17) is 4.42 Å². The molecule has 0 spiro atoms. The summed E-state index contributed by atoms with van der Waals surface area (Å²) in [6.45, 7) is 0. The van der Waals surface area contributed by atoms with Crippen molar-refractivity contribution in [3.8, 4) is 11.1 Å². The monoisotopic (exact) mass is 178 g/mol. The van der Waals surface area contributed by atoms with Gasteiger partial charge in [-0.3, -0.25) is 4.79 Å². The summed E-state index contributed by atoms with van der Waals surface area (Å²) >= 11 is 1.60. The van der Waals surface area contributed by atoms with E-state index in [0.717, 1.165) is 17.4 Å². The highest BCUT2D eigenvalue weighted by atomic mass is 32.1. The molecule has 12 heavy (non-hydrogen) atoms. The van der Waals surface area contributed by atoms with Crippen molar-refractivity contribution in [3.05, 3.63) is 34.9 Å². The number of thiophene rings is 1. The predicted molar refractivity (Wildman–Crippen MR) is 47.4 cm³/mol. The van der Waals surface area contributed by atoms with Gasteiger partial charge in [-0.25, -0.2) is 0 Å². The van der Waals surface area contributed by atoms with Gasteiger partial charge in [0.05, 0.1) is 6.26 Å². The first-order valence-electron chi connectivity index (χ1n) is 3.47. The van der Waals surface area contributed by atoms with Crippen molar-refractivity contribution in [1.82, 2.24) is 0 Å². The molecule has 0 aliphatic carbocycles. The molecule has 0 amide bonds. The quantitative estimate of drug-likeness (QED) is 0.662. The van der Waals surface area contributed by atoms with Gasteiger partial charge in [0.25, 0.3) is 0 Å². The van der Waals surface area contributed by atoms with E-state index in [1.165, 1.54) is 6.26 Å². The largest absolute Gasteiger partial charge is 0.461 e. The van der Waals surface area contributed by atoms with Crippen LogP contribution >= 0.6 is 11.3 Å². The predicted octanol–water partition coefficient (Wildman–Crippen LogP) is 2.82. The topological polar surface area (TPSA) is 30.2 Å². The zero-order chi connectivity index (χ0) is 8.39. The Hall–Kier alpha value is -1.35. The second-order valence-electron chi connectivity index (χ2n) is 2.33. The first kappa shape index (κ1) is 7.31. The molecule has 0 radical (unpaired) electrons. The standard InChI is InChI=1S/C9H6O2S/c10-5-9-8(1-3-11-9)7-2-4-12-6-7/h1-6H. The first-order valence-corrected chi connectivity index (χ1v) is 4.41. The highest BCUT2D eigenvalue weighted by Gasteiger charge is 2.06. The molecule has 0 unspecified atom stereocenters. The van der Waals surface area contributed by atoms with Crippen LogP contribution in [0.1, 0.15) is 10.6 Å². The Bertz CT molecular complexity index is 373. The lowest BCUT2D eigenvalue weighted by molar-refractivity contribution is 0.110. The molecular weight excluding hydrogens is 172 g/mol. The minimum atomic E-state index is 0.397. The van der Waals surface area contributed by atoms with Gasteiger partial charge in [-0.15, -0.1) is 0 Å². The lowest BCUT2D eigenvalue weighted by Gasteiger charge is -1.90. The molecule has 2 nitrogen and oxygen atoms in total. The average molecular weight is 178 g/mol. The molecule has 0 saturated carbocycles. The minimum Gasteiger partial charge on any atom is -0.461 e. The van der Waals surface area contributed by atoms with Crippen LogP contribution in [0.4, 0.5) is 0 Å². The van der Waals surface area contributed by atoms with E-state index in [1.807, 2.05) is 16.8 Å². The van der Waals surface area contributed by atoms with Crippen molar-refractivity contribution in [2.24, 2.45) is 0 Å². The second kappa shape index (κ2) is 2.95. The van der Waals surface area contributed by atoms with Gasteiger partial charge in [-0.2, -0.15) is 11.3 Å². The fourth-order valence-electron chi connectivity index (χ4n) is 1.07. The van der Waals surface area contributed by atoms with Crippen molar-refractivity contribution in [1.29, 1.82) is 0 Å². The van der Waals surface area contributed by atoms with Crippen LogP contribution in [-0.2, 0) is 0 Å². The van der Waals surface area contributed by atoms with Crippen LogP contribution in [0.25, 0.3) is 11.1 Å². The molecule has 0 bridgehead atoms. The number of carbonyl (C=O) groups is 1. The molecule has 3 heteroatoms. The van der Waals surface area contributed by atoms with Gasteiger partial charge in [0.2, 0.25) is 0 Å². The maximum atomic E-state index is 10.5. The summed E-state index contributed by atoms with van der Waals surface area (Å²) in [6, 6.07) is 3.76. The minimum absolute atomic E-state index is 0.397. The van der Waals surface area contributed by atoms with Gasteiger partial charge in [0.1, 0.15) is 0 Å². The van der Waals surface area contributed by atoms with E-state index in [0.29, 0.717) is 5.76 Å². The third-order valence-electron chi connectivity index (χ3n) is 1.63. The van der Waals surface area contributed by atoms with Crippen molar-refractivity contribution in [3.63, 3.8) is 0 Å². The third-order valence-corrected chi connectivity index (χ3v) is 2.32.